The van der Waals surface area contributed by atoms with E-state index in [-0.39, 0.29) is 5.82 Å². The van der Waals surface area contributed by atoms with Gasteiger partial charge in [0.2, 0.25) is 0 Å². The topological polar surface area (TPSA) is 33.5 Å². The molecule has 1 saturated carbocycles. The highest BCUT2D eigenvalue weighted by molar-refractivity contribution is 5.31. The van der Waals surface area contributed by atoms with E-state index < -0.39 is 0 Å². The summed E-state index contributed by atoms with van der Waals surface area (Å²) < 4.78 is 21.1. The molecule has 5 rings (SSSR count). The second kappa shape index (κ2) is 10.4. The van der Waals surface area contributed by atoms with E-state index in [4.69, 9.17) is 4.74 Å². The van der Waals surface area contributed by atoms with Crippen molar-refractivity contribution in [2.75, 3.05) is 32.8 Å². The molecule has 5 nitrogen and oxygen atoms in total. The number of hydrogen-bond acceptors (Lipinski definition) is 4. The van der Waals surface area contributed by atoms with E-state index in [1.54, 1.807) is 12.1 Å². The number of ether oxygens (including phenoxy) is 1. The van der Waals surface area contributed by atoms with E-state index in [9.17, 15) is 4.39 Å². The van der Waals surface area contributed by atoms with Gasteiger partial charge in [-0.2, -0.15) is 5.10 Å². The van der Waals surface area contributed by atoms with Gasteiger partial charge in [-0.3, -0.25) is 4.90 Å². The maximum atomic E-state index is 13.3. The first-order valence-corrected chi connectivity index (χ1v) is 12.6. The van der Waals surface area contributed by atoms with Gasteiger partial charge in [0.15, 0.2) is 0 Å². The van der Waals surface area contributed by atoms with Crippen molar-refractivity contribution in [1.82, 2.24) is 19.6 Å². The van der Waals surface area contributed by atoms with Crippen molar-refractivity contribution < 1.29 is 9.13 Å². The lowest BCUT2D eigenvalue weighted by Crippen LogP contribution is -2.43. The van der Waals surface area contributed by atoms with Crippen LogP contribution in [0.15, 0.2) is 36.7 Å². The van der Waals surface area contributed by atoms with Crippen LogP contribution < -0.4 is 0 Å². The van der Waals surface area contributed by atoms with Crippen molar-refractivity contribution in [1.29, 1.82) is 0 Å². The van der Waals surface area contributed by atoms with Crippen LogP contribution in [0, 0.1) is 11.7 Å². The van der Waals surface area contributed by atoms with Crippen LogP contribution >= 0.6 is 0 Å². The SMILES string of the molecule is Fc1ccc(-n2cc(CN(CC3CCN(C4CCCC4)CC3)C[C@H]3CCCO3)cn2)cc1. The van der Waals surface area contributed by atoms with Gasteiger partial charge in [0, 0.05) is 44.0 Å². The molecule has 0 radical (unpaired) electrons. The highest BCUT2D eigenvalue weighted by Crippen LogP contribution is 2.28. The number of rotatable bonds is 8. The Bertz CT molecular complexity index is 834. The van der Waals surface area contributed by atoms with Gasteiger partial charge in [0.05, 0.1) is 18.0 Å². The van der Waals surface area contributed by atoms with Crippen LogP contribution in [-0.2, 0) is 11.3 Å². The Balaban J connectivity index is 1.20. The fourth-order valence-electron chi connectivity index (χ4n) is 5.85. The van der Waals surface area contributed by atoms with Gasteiger partial charge in [0.1, 0.15) is 5.82 Å². The van der Waals surface area contributed by atoms with Crippen LogP contribution in [0.4, 0.5) is 4.39 Å². The van der Waals surface area contributed by atoms with Crippen LogP contribution in [0.2, 0.25) is 0 Å². The van der Waals surface area contributed by atoms with E-state index in [1.165, 1.54) is 82.2 Å². The number of piperidine rings is 1. The summed E-state index contributed by atoms with van der Waals surface area (Å²) >= 11 is 0. The third-order valence-electron chi connectivity index (χ3n) is 7.63. The fraction of sp³-hybridized carbons (Fsp3) is 0.654. The molecule has 174 valence electrons. The molecule has 2 aromatic rings. The summed E-state index contributed by atoms with van der Waals surface area (Å²) in [7, 11) is 0. The largest absolute Gasteiger partial charge is 0.377 e. The van der Waals surface area contributed by atoms with Gasteiger partial charge in [-0.1, -0.05) is 12.8 Å². The van der Waals surface area contributed by atoms with Gasteiger partial charge in [-0.15, -0.1) is 0 Å². The Morgan fingerprint density at radius 2 is 1.75 bits per heavy atom. The van der Waals surface area contributed by atoms with E-state index >= 15 is 0 Å². The Morgan fingerprint density at radius 3 is 2.47 bits per heavy atom. The van der Waals surface area contributed by atoms with Crippen LogP contribution in [0.25, 0.3) is 5.69 Å². The molecular weight excluding hydrogens is 403 g/mol. The third-order valence-corrected chi connectivity index (χ3v) is 7.63. The molecule has 0 bridgehead atoms. The summed E-state index contributed by atoms with van der Waals surface area (Å²) in [6, 6.07) is 7.37. The average molecular weight is 441 g/mol. The zero-order chi connectivity index (χ0) is 21.8. The van der Waals surface area contributed by atoms with Crippen LogP contribution in [-0.4, -0.2) is 64.5 Å². The third kappa shape index (κ3) is 5.59. The van der Waals surface area contributed by atoms with Crippen LogP contribution in [0.1, 0.15) is 56.9 Å². The predicted molar refractivity (Wildman–Crippen MR) is 124 cm³/mol. The number of benzene rings is 1. The first kappa shape index (κ1) is 22.1. The molecule has 1 aromatic carbocycles. The molecule has 1 aromatic heterocycles. The van der Waals surface area contributed by atoms with E-state index in [0.29, 0.717) is 6.10 Å². The predicted octanol–water partition coefficient (Wildman–Crippen LogP) is 4.65. The van der Waals surface area contributed by atoms with Crippen molar-refractivity contribution >= 4 is 0 Å². The van der Waals surface area contributed by atoms with E-state index in [2.05, 4.69) is 21.1 Å². The van der Waals surface area contributed by atoms with Gasteiger partial charge in [0.25, 0.3) is 0 Å². The minimum atomic E-state index is -0.220. The quantitative estimate of drug-likeness (QED) is 0.599. The number of halogens is 1. The van der Waals surface area contributed by atoms with Crippen molar-refractivity contribution in [3.63, 3.8) is 0 Å². The van der Waals surface area contributed by atoms with E-state index in [0.717, 1.165) is 43.9 Å². The Labute approximate surface area is 191 Å². The Kier molecular flexibility index (Phi) is 7.20. The van der Waals surface area contributed by atoms with Gasteiger partial charge >= 0.3 is 0 Å². The van der Waals surface area contributed by atoms with Gasteiger partial charge in [-0.05, 0) is 81.8 Å². The molecule has 0 unspecified atom stereocenters. The van der Waals surface area contributed by atoms with Gasteiger partial charge < -0.3 is 9.64 Å². The minimum absolute atomic E-state index is 0.220. The summed E-state index contributed by atoms with van der Waals surface area (Å²) in [6.45, 7) is 6.48. The summed E-state index contributed by atoms with van der Waals surface area (Å²) in [4.78, 5) is 5.36. The Hall–Kier alpha value is -1.76. The van der Waals surface area contributed by atoms with Crippen LogP contribution in [0.3, 0.4) is 0 Å². The van der Waals surface area contributed by atoms with Crippen molar-refractivity contribution in [2.45, 2.75) is 70.1 Å². The molecule has 0 spiro atoms. The normalized spacial score (nSPS) is 23.5. The molecule has 2 saturated heterocycles. The monoisotopic (exact) mass is 440 g/mol. The second-order valence-electron chi connectivity index (χ2n) is 10.0. The number of likely N-dealkylation sites (tertiary alicyclic amines) is 1. The highest BCUT2D eigenvalue weighted by atomic mass is 19.1. The van der Waals surface area contributed by atoms with Crippen molar-refractivity contribution in [3.8, 4) is 5.69 Å². The maximum absolute atomic E-state index is 13.3. The summed E-state index contributed by atoms with van der Waals surface area (Å²) in [5.41, 5.74) is 2.10. The molecule has 0 amide bonds. The smallest absolute Gasteiger partial charge is 0.123 e. The first-order valence-electron chi connectivity index (χ1n) is 12.6. The van der Waals surface area contributed by atoms with Crippen molar-refractivity contribution in [2.24, 2.45) is 5.92 Å². The molecule has 3 heterocycles. The van der Waals surface area contributed by atoms with E-state index in [1.807, 2.05) is 10.9 Å². The van der Waals surface area contributed by atoms with Crippen molar-refractivity contribution in [3.05, 3.63) is 48.0 Å². The molecule has 2 aliphatic heterocycles. The molecule has 3 fully saturated rings. The summed E-state index contributed by atoms with van der Waals surface area (Å²) in [6.07, 6.45) is 15.0. The molecule has 1 atom stereocenters. The summed E-state index contributed by atoms with van der Waals surface area (Å²) in [5, 5.41) is 4.53. The lowest BCUT2D eigenvalue weighted by Gasteiger charge is -2.38. The molecule has 1 aliphatic carbocycles. The molecule has 0 N–H and O–H groups in total. The Morgan fingerprint density at radius 1 is 0.969 bits per heavy atom. The maximum Gasteiger partial charge on any atom is 0.123 e. The summed E-state index contributed by atoms with van der Waals surface area (Å²) in [5.74, 6) is 0.545. The molecular formula is C26H37FN4O. The zero-order valence-electron chi connectivity index (χ0n) is 19.2. The standard InChI is InChI=1S/C26H37FN4O/c27-23-7-9-25(10-8-23)31-19-22(16-28-31)18-29(20-26-6-3-15-32-26)17-21-11-13-30(14-12-21)24-4-1-2-5-24/h7-10,16,19,21,24,26H,1-6,11-15,17-18,20H2/t26-/m1/s1. The fourth-order valence-corrected chi connectivity index (χ4v) is 5.85. The molecule has 6 heteroatoms. The molecule has 32 heavy (non-hydrogen) atoms. The minimum Gasteiger partial charge on any atom is -0.377 e. The lowest BCUT2D eigenvalue weighted by atomic mass is 9.94. The number of hydrogen-bond donors (Lipinski definition) is 0. The highest BCUT2D eigenvalue weighted by Gasteiger charge is 2.29. The lowest BCUT2D eigenvalue weighted by molar-refractivity contribution is 0.0540. The van der Waals surface area contributed by atoms with Crippen LogP contribution in [0.5, 0.6) is 0 Å². The average Bonchev–Trinajstić information content (AvgIpc) is 3.58. The van der Waals surface area contributed by atoms with Gasteiger partial charge in [-0.25, -0.2) is 9.07 Å². The zero-order valence-corrected chi connectivity index (χ0v) is 19.2. The number of aromatic nitrogens is 2. The first-order chi connectivity index (χ1) is 15.7. The molecule has 3 aliphatic rings. The second-order valence-corrected chi connectivity index (χ2v) is 10.0. The number of nitrogens with zero attached hydrogens (tertiary/aromatic N) is 4.